The number of nitrogens with one attached hydrogen (secondary N) is 1. The van der Waals surface area contributed by atoms with Crippen molar-refractivity contribution in [2.45, 2.75) is 32.2 Å². The fraction of sp³-hybridized carbons (Fsp3) is 0.167. The summed E-state index contributed by atoms with van der Waals surface area (Å²) in [6.45, 7) is 4.39. The SMILES string of the molecule is CON(C(N)=O)c1ccccc1CC(C)(Nc1ccccc1C(=O)c1ccccc1)c1ccc(OCCc2nc(-c3ccccc3)oc2C)cc1. The van der Waals surface area contributed by atoms with E-state index in [0.717, 1.165) is 33.2 Å². The fourth-order valence-corrected chi connectivity index (χ4v) is 6.15. The van der Waals surface area contributed by atoms with Crippen LogP contribution in [0.1, 0.15) is 45.4 Å². The molecule has 1 aromatic heterocycles. The summed E-state index contributed by atoms with van der Waals surface area (Å²) in [5.74, 6) is 1.97. The molecule has 258 valence electrons. The molecule has 3 N–H and O–H groups in total. The second kappa shape index (κ2) is 15.6. The number of aryl methyl sites for hydroxylation is 1. The van der Waals surface area contributed by atoms with Gasteiger partial charge in [0, 0.05) is 35.2 Å². The van der Waals surface area contributed by atoms with E-state index in [4.69, 9.17) is 24.7 Å². The summed E-state index contributed by atoms with van der Waals surface area (Å²) in [5, 5.41) is 4.77. The summed E-state index contributed by atoms with van der Waals surface area (Å²) in [5.41, 5.74) is 10.7. The molecule has 0 radical (unpaired) electrons. The Bertz CT molecular complexity index is 2100. The zero-order chi connectivity index (χ0) is 35.8. The lowest BCUT2D eigenvalue weighted by atomic mass is 9.84. The largest absolute Gasteiger partial charge is 0.493 e. The number of anilines is 2. The van der Waals surface area contributed by atoms with E-state index in [1.54, 1.807) is 6.07 Å². The van der Waals surface area contributed by atoms with Crippen LogP contribution in [-0.4, -0.2) is 30.5 Å². The Hall–Kier alpha value is -6.19. The molecule has 5 aromatic carbocycles. The molecule has 9 heteroatoms. The highest BCUT2D eigenvalue weighted by Gasteiger charge is 2.31. The molecule has 1 atom stereocenters. The van der Waals surface area contributed by atoms with Crippen molar-refractivity contribution in [1.29, 1.82) is 0 Å². The van der Waals surface area contributed by atoms with E-state index in [1.165, 1.54) is 7.11 Å². The topological polar surface area (TPSA) is 120 Å². The van der Waals surface area contributed by atoms with Crippen LogP contribution in [0.15, 0.2) is 138 Å². The van der Waals surface area contributed by atoms with E-state index in [1.807, 2.05) is 134 Å². The molecule has 6 aromatic rings. The molecule has 6 rings (SSSR count). The van der Waals surface area contributed by atoms with Crippen LogP contribution in [0.3, 0.4) is 0 Å². The molecule has 9 nitrogen and oxygen atoms in total. The first-order chi connectivity index (χ1) is 24.8. The van der Waals surface area contributed by atoms with Crippen LogP contribution in [0, 0.1) is 6.92 Å². The zero-order valence-corrected chi connectivity index (χ0v) is 28.8. The molecule has 0 aliphatic carbocycles. The Morgan fingerprint density at radius 3 is 2.20 bits per heavy atom. The number of hydrogen-bond acceptors (Lipinski definition) is 7. The summed E-state index contributed by atoms with van der Waals surface area (Å²) in [7, 11) is 1.40. The Morgan fingerprint density at radius 1 is 0.843 bits per heavy atom. The molecule has 2 amide bonds. The van der Waals surface area contributed by atoms with Crippen LogP contribution < -0.4 is 20.9 Å². The molecule has 0 saturated heterocycles. The second-order valence-electron chi connectivity index (χ2n) is 12.3. The monoisotopic (exact) mass is 680 g/mol. The number of urea groups is 1. The number of aromatic nitrogens is 1. The number of ether oxygens (including phenoxy) is 1. The van der Waals surface area contributed by atoms with Crippen LogP contribution in [0.5, 0.6) is 5.75 Å². The number of para-hydroxylation sites is 2. The van der Waals surface area contributed by atoms with Crippen molar-refractivity contribution >= 4 is 23.2 Å². The molecule has 1 unspecified atom stereocenters. The number of amides is 2. The number of benzene rings is 5. The number of ketones is 1. The minimum absolute atomic E-state index is 0.0947. The maximum absolute atomic E-state index is 13.7. The van der Waals surface area contributed by atoms with Gasteiger partial charge in [0.15, 0.2) is 5.78 Å². The quantitative estimate of drug-likeness (QED) is 0.0874. The van der Waals surface area contributed by atoms with Gasteiger partial charge in [-0.25, -0.2) is 9.78 Å². The van der Waals surface area contributed by atoms with Crippen molar-refractivity contribution in [1.82, 2.24) is 4.98 Å². The van der Waals surface area contributed by atoms with Gasteiger partial charge >= 0.3 is 6.03 Å². The van der Waals surface area contributed by atoms with Gasteiger partial charge in [-0.1, -0.05) is 91.0 Å². The molecular formula is C42H40N4O5. The Kier molecular flexibility index (Phi) is 10.6. The molecule has 0 fully saturated rings. The third kappa shape index (κ3) is 8.01. The van der Waals surface area contributed by atoms with E-state index in [2.05, 4.69) is 12.2 Å². The Morgan fingerprint density at radius 2 is 1.49 bits per heavy atom. The van der Waals surface area contributed by atoms with Crippen molar-refractivity contribution in [3.05, 3.63) is 167 Å². The lowest BCUT2D eigenvalue weighted by Crippen LogP contribution is -2.38. The number of hydrogen-bond donors (Lipinski definition) is 2. The van der Waals surface area contributed by atoms with Gasteiger partial charge in [-0.05, 0) is 67.4 Å². The summed E-state index contributed by atoms with van der Waals surface area (Å²) < 4.78 is 12.1. The number of primary amides is 1. The van der Waals surface area contributed by atoms with E-state index < -0.39 is 11.6 Å². The Labute approximate surface area is 297 Å². The van der Waals surface area contributed by atoms with E-state index in [9.17, 15) is 9.59 Å². The van der Waals surface area contributed by atoms with Crippen molar-refractivity contribution in [3.63, 3.8) is 0 Å². The number of oxazole rings is 1. The average Bonchev–Trinajstić information content (AvgIpc) is 3.53. The summed E-state index contributed by atoms with van der Waals surface area (Å²) >= 11 is 0. The third-order valence-electron chi connectivity index (χ3n) is 8.77. The van der Waals surface area contributed by atoms with Crippen LogP contribution in [-0.2, 0) is 23.2 Å². The zero-order valence-electron chi connectivity index (χ0n) is 28.8. The fourth-order valence-electron chi connectivity index (χ4n) is 6.15. The first-order valence-corrected chi connectivity index (χ1v) is 16.7. The van der Waals surface area contributed by atoms with Crippen LogP contribution in [0.4, 0.5) is 16.2 Å². The summed E-state index contributed by atoms with van der Waals surface area (Å²) in [6.07, 6.45) is 0.988. The van der Waals surface area contributed by atoms with E-state index in [-0.39, 0.29) is 5.78 Å². The standard InChI is InChI=1S/C42H40N4O5/c1-29-36(44-40(51-29)31-16-8-5-9-17-31)26-27-50-34-24-22-33(23-25-34)42(2,28-32-18-10-13-21-38(32)46(49-3)41(43)48)45-37-20-12-11-19-35(37)39(47)30-14-6-4-7-15-30/h4-25,45H,26-28H2,1-3H3,(H2,43,48). The highest BCUT2D eigenvalue weighted by molar-refractivity contribution is 6.12. The van der Waals surface area contributed by atoms with Crippen molar-refractivity contribution in [2.24, 2.45) is 5.73 Å². The maximum atomic E-state index is 13.7. The number of nitrogens with zero attached hydrogens (tertiary/aromatic N) is 2. The predicted octanol–water partition coefficient (Wildman–Crippen LogP) is 8.52. The third-order valence-corrected chi connectivity index (χ3v) is 8.77. The number of carbonyl (C=O) groups excluding carboxylic acids is 2. The smallest absolute Gasteiger partial charge is 0.343 e. The van der Waals surface area contributed by atoms with Crippen molar-refractivity contribution < 1.29 is 23.6 Å². The highest BCUT2D eigenvalue weighted by Crippen LogP contribution is 2.36. The molecule has 51 heavy (non-hydrogen) atoms. The molecular weight excluding hydrogens is 640 g/mol. The molecule has 0 aliphatic heterocycles. The average molecular weight is 681 g/mol. The number of rotatable bonds is 14. The van der Waals surface area contributed by atoms with Crippen LogP contribution >= 0.6 is 0 Å². The Balaban J connectivity index is 1.27. The lowest BCUT2D eigenvalue weighted by Gasteiger charge is -2.35. The van der Waals surface area contributed by atoms with Crippen LogP contribution in [0.2, 0.25) is 0 Å². The molecule has 1 heterocycles. The van der Waals surface area contributed by atoms with E-state index in [0.29, 0.717) is 53.6 Å². The highest BCUT2D eigenvalue weighted by atomic mass is 16.7. The summed E-state index contributed by atoms with van der Waals surface area (Å²) in [4.78, 5) is 36.1. The van der Waals surface area contributed by atoms with Gasteiger partial charge in [-0.2, -0.15) is 5.06 Å². The predicted molar refractivity (Wildman–Crippen MR) is 199 cm³/mol. The van der Waals surface area contributed by atoms with Crippen molar-refractivity contribution in [3.8, 4) is 17.2 Å². The maximum Gasteiger partial charge on any atom is 0.343 e. The van der Waals surface area contributed by atoms with Gasteiger partial charge in [-0.3, -0.25) is 9.63 Å². The van der Waals surface area contributed by atoms with Gasteiger partial charge in [0.05, 0.1) is 30.6 Å². The normalized spacial score (nSPS) is 12.1. The number of nitrogens with two attached hydrogens (primary N) is 1. The minimum Gasteiger partial charge on any atom is -0.493 e. The summed E-state index contributed by atoms with van der Waals surface area (Å²) in [6, 6.07) is 41.1. The van der Waals surface area contributed by atoms with Gasteiger partial charge in [0.1, 0.15) is 11.5 Å². The number of carbonyl (C=O) groups is 2. The van der Waals surface area contributed by atoms with Gasteiger partial charge in [0.25, 0.3) is 0 Å². The lowest BCUT2D eigenvalue weighted by molar-refractivity contribution is 0.103. The van der Waals surface area contributed by atoms with E-state index >= 15 is 0 Å². The minimum atomic E-state index is -0.787. The van der Waals surface area contributed by atoms with Crippen LogP contribution in [0.25, 0.3) is 11.5 Å². The molecule has 0 saturated carbocycles. The molecule has 0 spiro atoms. The van der Waals surface area contributed by atoms with Gasteiger partial charge in [-0.15, -0.1) is 0 Å². The first kappa shape index (κ1) is 34.7. The van der Waals surface area contributed by atoms with Gasteiger partial charge in [0.2, 0.25) is 5.89 Å². The second-order valence-corrected chi connectivity index (χ2v) is 12.3. The molecule has 0 bridgehead atoms. The van der Waals surface area contributed by atoms with Crippen molar-refractivity contribution in [2.75, 3.05) is 24.1 Å². The van der Waals surface area contributed by atoms with Gasteiger partial charge < -0.3 is 20.2 Å². The molecule has 0 aliphatic rings. The first-order valence-electron chi connectivity index (χ1n) is 16.7. The number of hydroxylamine groups is 1.